The van der Waals surface area contributed by atoms with Gasteiger partial charge in [-0.15, -0.1) is 0 Å². The van der Waals surface area contributed by atoms with Crippen LogP contribution in [0.5, 0.6) is 23.1 Å². The first-order valence-electron chi connectivity index (χ1n) is 8.09. The first-order chi connectivity index (χ1) is 12.9. The molecule has 1 amide bonds. The van der Waals surface area contributed by atoms with Gasteiger partial charge in [-0.25, -0.2) is 14.8 Å². The number of anilines is 1. The number of ether oxygens (including phenoxy) is 3. The monoisotopic (exact) mass is 369 g/mol. The van der Waals surface area contributed by atoms with E-state index in [1.165, 1.54) is 6.33 Å². The Morgan fingerprint density at radius 1 is 1.00 bits per heavy atom. The van der Waals surface area contributed by atoms with E-state index in [0.717, 1.165) is 11.1 Å². The lowest BCUT2D eigenvalue weighted by molar-refractivity contribution is 0.209. The summed E-state index contributed by atoms with van der Waals surface area (Å²) in [7, 11) is 3.11. The van der Waals surface area contributed by atoms with Crippen LogP contribution < -0.4 is 19.5 Å². The molecule has 0 bridgehead atoms. The normalized spacial score (nSPS) is 10.5. The highest BCUT2D eigenvalue weighted by molar-refractivity contribution is 5.87. The molecule has 2 N–H and O–H groups in total. The molecule has 27 heavy (non-hydrogen) atoms. The Morgan fingerprint density at radius 3 is 2.37 bits per heavy atom. The van der Waals surface area contributed by atoms with E-state index in [4.69, 9.17) is 19.3 Å². The van der Waals surface area contributed by atoms with Crippen molar-refractivity contribution in [2.75, 3.05) is 19.5 Å². The van der Waals surface area contributed by atoms with Crippen LogP contribution >= 0.6 is 0 Å². The van der Waals surface area contributed by atoms with Gasteiger partial charge in [0.1, 0.15) is 12.1 Å². The Balaban J connectivity index is 2.04. The highest BCUT2D eigenvalue weighted by Crippen LogP contribution is 2.37. The van der Waals surface area contributed by atoms with Crippen LogP contribution in [0.4, 0.5) is 10.5 Å². The van der Waals surface area contributed by atoms with Crippen LogP contribution in [0.3, 0.4) is 0 Å². The molecule has 8 heteroatoms. The number of amides is 1. The second-order valence-electron chi connectivity index (χ2n) is 5.80. The van der Waals surface area contributed by atoms with Crippen molar-refractivity contribution in [3.8, 4) is 23.1 Å². The summed E-state index contributed by atoms with van der Waals surface area (Å²) in [4.78, 5) is 19.4. The minimum absolute atomic E-state index is 0.363. The summed E-state index contributed by atoms with van der Waals surface area (Å²) in [5.41, 5.74) is 2.73. The first kappa shape index (κ1) is 18.2. The van der Waals surface area contributed by atoms with Gasteiger partial charge in [0.25, 0.3) is 0 Å². The van der Waals surface area contributed by atoms with E-state index in [1.54, 1.807) is 38.5 Å². The molecule has 3 rings (SSSR count). The molecule has 0 aliphatic rings. The van der Waals surface area contributed by atoms with Crippen LogP contribution in [0.1, 0.15) is 11.1 Å². The molecule has 0 radical (unpaired) electrons. The zero-order valence-corrected chi connectivity index (χ0v) is 15.4. The predicted molar refractivity (Wildman–Crippen MR) is 100 cm³/mol. The number of benzene rings is 2. The molecule has 140 valence electrons. The van der Waals surface area contributed by atoms with Crippen molar-refractivity contribution in [2.45, 2.75) is 13.8 Å². The number of nitrogens with zero attached hydrogens (tertiary/aromatic N) is 2. The van der Waals surface area contributed by atoms with Gasteiger partial charge in [0, 0.05) is 11.8 Å². The maximum absolute atomic E-state index is 10.9. The summed E-state index contributed by atoms with van der Waals surface area (Å²) in [5.74, 6) is 2.03. The van der Waals surface area contributed by atoms with Crippen molar-refractivity contribution in [1.29, 1.82) is 0 Å². The SMILES string of the molecule is COc1cc2ncnc(Oc3ccc(NC(=O)O)c(C)c3C)c2cc1OC. The average Bonchev–Trinajstić information content (AvgIpc) is 2.66. The van der Waals surface area contributed by atoms with Gasteiger partial charge in [0.2, 0.25) is 5.88 Å². The fourth-order valence-corrected chi connectivity index (χ4v) is 2.70. The van der Waals surface area contributed by atoms with Gasteiger partial charge in [-0.05, 0) is 43.2 Å². The van der Waals surface area contributed by atoms with E-state index in [2.05, 4.69) is 15.3 Å². The molecule has 0 unspecified atom stereocenters. The van der Waals surface area contributed by atoms with Crippen molar-refractivity contribution in [3.63, 3.8) is 0 Å². The fraction of sp³-hybridized carbons (Fsp3) is 0.211. The number of aromatic nitrogens is 2. The van der Waals surface area contributed by atoms with Crippen molar-refractivity contribution in [3.05, 3.63) is 41.7 Å². The smallest absolute Gasteiger partial charge is 0.409 e. The Hall–Kier alpha value is -3.55. The third-order valence-electron chi connectivity index (χ3n) is 4.29. The lowest BCUT2D eigenvalue weighted by Crippen LogP contribution is -2.09. The quantitative estimate of drug-likeness (QED) is 0.696. The third kappa shape index (κ3) is 3.55. The third-order valence-corrected chi connectivity index (χ3v) is 4.29. The van der Waals surface area contributed by atoms with Crippen LogP contribution in [-0.2, 0) is 0 Å². The number of hydrogen-bond donors (Lipinski definition) is 2. The largest absolute Gasteiger partial charge is 0.493 e. The molecule has 0 fully saturated rings. The number of carbonyl (C=O) groups is 1. The van der Waals surface area contributed by atoms with E-state index in [9.17, 15) is 4.79 Å². The second kappa shape index (κ2) is 7.36. The molecule has 1 aromatic heterocycles. The molecule has 0 saturated heterocycles. The lowest BCUT2D eigenvalue weighted by Gasteiger charge is -2.15. The van der Waals surface area contributed by atoms with Crippen LogP contribution in [0.25, 0.3) is 10.9 Å². The minimum atomic E-state index is -1.12. The van der Waals surface area contributed by atoms with Gasteiger partial charge in [0.05, 0.1) is 25.1 Å². The highest BCUT2D eigenvalue weighted by atomic mass is 16.5. The van der Waals surface area contributed by atoms with Gasteiger partial charge in [-0.1, -0.05) is 0 Å². The van der Waals surface area contributed by atoms with Crippen LogP contribution in [0, 0.1) is 13.8 Å². The summed E-state index contributed by atoms with van der Waals surface area (Å²) in [6, 6.07) is 6.85. The number of hydrogen-bond acceptors (Lipinski definition) is 6. The number of nitrogens with one attached hydrogen (secondary N) is 1. The molecule has 0 aliphatic carbocycles. The van der Waals surface area contributed by atoms with E-state index >= 15 is 0 Å². The van der Waals surface area contributed by atoms with Crippen molar-refractivity contribution in [1.82, 2.24) is 9.97 Å². The van der Waals surface area contributed by atoms with E-state index < -0.39 is 6.09 Å². The summed E-state index contributed by atoms with van der Waals surface area (Å²) < 4.78 is 16.7. The van der Waals surface area contributed by atoms with Gasteiger partial charge in [-0.2, -0.15) is 0 Å². The van der Waals surface area contributed by atoms with E-state index in [-0.39, 0.29) is 0 Å². The van der Waals surface area contributed by atoms with Crippen LogP contribution in [-0.4, -0.2) is 35.4 Å². The molecule has 2 aromatic carbocycles. The summed E-state index contributed by atoms with van der Waals surface area (Å²) in [6.07, 6.45) is 0.292. The highest BCUT2D eigenvalue weighted by Gasteiger charge is 2.15. The van der Waals surface area contributed by atoms with Crippen LogP contribution in [0.15, 0.2) is 30.6 Å². The molecule has 3 aromatic rings. The van der Waals surface area contributed by atoms with Crippen molar-refractivity contribution < 1.29 is 24.1 Å². The van der Waals surface area contributed by atoms with E-state index in [0.29, 0.717) is 39.7 Å². The number of carboxylic acid groups (broad SMARTS) is 1. The van der Waals surface area contributed by atoms with Crippen molar-refractivity contribution in [2.24, 2.45) is 0 Å². The average molecular weight is 369 g/mol. The van der Waals surface area contributed by atoms with Gasteiger partial charge < -0.3 is 19.3 Å². The Morgan fingerprint density at radius 2 is 1.70 bits per heavy atom. The number of rotatable bonds is 5. The summed E-state index contributed by atoms with van der Waals surface area (Å²) in [6.45, 7) is 3.67. The predicted octanol–water partition coefficient (Wildman–Crippen LogP) is 4.15. The molecule has 8 nitrogen and oxygen atoms in total. The maximum Gasteiger partial charge on any atom is 0.409 e. The van der Waals surface area contributed by atoms with Gasteiger partial charge >= 0.3 is 6.09 Å². The fourth-order valence-electron chi connectivity index (χ4n) is 2.70. The topological polar surface area (TPSA) is 103 Å². The molecule has 1 heterocycles. The summed E-state index contributed by atoms with van der Waals surface area (Å²) in [5, 5.41) is 11.9. The minimum Gasteiger partial charge on any atom is -0.493 e. The Kier molecular flexibility index (Phi) is 4.98. The number of fused-ring (bicyclic) bond motifs is 1. The zero-order chi connectivity index (χ0) is 19.6. The second-order valence-corrected chi connectivity index (χ2v) is 5.80. The van der Waals surface area contributed by atoms with E-state index in [1.807, 2.05) is 13.8 Å². The van der Waals surface area contributed by atoms with Gasteiger partial charge in [-0.3, -0.25) is 5.32 Å². The molecular weight excluding hydrogens is 350 g/mol. The van der Waals surface area contributed by atoms with Gasteiger partial charge in [0.15, 0.2) is 11.5 Å². The first-order valence-corrected chi connectivity index (χ1v) is 8.09. The Labute approximate surface area is 155 Å². The molecule has 0 spiro atoms. The molecule has 0 saturated carbocycles. The summed E-state index contributed by atoms with van der Waals surface area (Å²) >= 11 is 0. The zero-order valence-electron chi connectivity index (χ0n) is 15.4. The number of methoxy groups -OCH3 is 2. The molecule has 0 aliphatic heterocycles. The standard InChI is InChI=1S/C19H19N3O5/c1-10-11(2)15(6-5-13(10)22-19(23)24)27-18-12-7-16(25-3)17(26-4)8-14(12)20-9-21-18/h5-9,22H,1-4H3,(H,23,24). The molecule has 0 atom stereocenters. The Bertz CT molecular complexity index is 1020. The van der Waals surface area contributed by atoms with Crippen molar-refractivity contribution >= 4 is 22.7 Å². The van der Waals surface area contributed by atoms with Crippen LogP contribution in [0.2, 0.25) is 0 Å². The molecular formula is C19H19N3O5. The lowest BCUT2D eigenvalue weighted by atomic mass is 10.1. The maximum atomic E-state index is 10.9.